The van der Waals surface area contributed by atoms with Crippen LogP contribution in [0.4, 0.5) is 14.9 Å². The highest BCUT2D eigenvalue weighted by Crippen LogP contribution is 2.15. The van der Waals surface area contributed by atoms with E-state index in [9.17, 15) is 18.8 Å². The van der Waals surface area contributed by atoms with E-state index in [1.165, 1.54) is 19.2 Å². The van der Waals surface area contributed by atoms with Crippen LogP contribution >= 0.6 is 0 Å². The zero-order valence-corrected chi connectivity index (χ0v) is 11.6. The third-order valence-corrected chi connectivity index (χ3v) is 2.63. The van der Waals surface area contributed by atoms with Crippen LogP contribution in [0.1, 0.15) is 16.8 Å². The number of nitrogens with zero attached hydrogens (tertiary/aromatic N) is 1. The van der Waals surface area contributed by atoms with Crippen LogP contribution in [0, 0.1) is 5.82 Å². The summed E-state index contributed by atoms with van der Waals surface area (Å²) in [5.74, 6) is -2.67. The first-order chi connectivity index (χ1) is 9.85. The standard InChI is InChI=1S/C13H15FN2O5/c1-16(6-5-11(17)18)13(20)15-8-3-4-9(10(14)7-8)12(19)21-2/h3-4,7H,5-6H2,1-2H3,(H,15,20)(H,17,18). The quantitative estimate of drug-likeness (QED) is 0.804. The van der Waals surface area contributed by atoms with Crippen molar-refractivity contribution in [1.29, 1.82) is 0 Å². The van der Waals surface area contributed by atoms with E-state index < -0.39 is 23.8 Å². The Balaban J connectivity index is 2.71. The number of amides is 2. The van der Waals surface area contributed by atoms with Gasteiger partial charge in [0, 0.05) is 19.3 Å². The van der Waals surface area contributed by atoms with Gasteiger partial charge in [-0.15, -0.1) is 0 Å². The van der Waals surface area contributed by atoms with Gasteiger partial charge in [-0.1, -0.05) is 0 Å². The topological polar surface area (TPSA) is 95.9 Å². The maximum absolute atomic E-state index is 13.6. The molecule has 0 bridgehead atoms. The largest absolute Gasteiger partial charge is 0.481 e. The minimum atomic E-state index is -1.02. The Kier molecular flexibility index (Phi) is 5.65. The molecule has 0 aliphatic carbocycles. The van der Waals surface area contributed by atoms with Crippen molar-refractivity contribution >= 4 is 23.7 Å². The number of nitrogens with one attached hydrogen (secondary N) is 1. The monoisotopic (exact) mass is 298 g/mol. The molecule has 8 heteroatoms. The number of methoxy groups -OCH3 is 1. The average Bonchev–Trinajstić information content (AvgIpc) is 2.43. The molecule has 0 saturated carbocycles. The van der Waals surface area contributed by atoms with Gasteiger partial charge in [0.25, 0.3) is 0 Å². The maximum Gasteiger partial charge on any atom is 0.340 e. The molecule has 114 valence electrons. The number of rotatable bonds is 5. The second kappa shape index (κ2) is 7.22. The summed E-state index contributed by atoms with van der Waals surface area (Å²) >= 11 is 0. The molecule has 0 aliphatic heterocycles. The molecule has 0 atom stereocenters. The molecule has 0 heterocycles. The molecule has 1 aromatic rings. The number of hydrogen-bond acceptors (Lipinski definition) is 4. The Morgan fingerprint density at radius 3 is 2.57 bits per heavy atom. The number of hydrogen-bond donors (Lipinski definition) is 2. The number of carbonyl (C=O) groups is 3. The SMILES string of the molecule is COC(=O)c1ccc(NC(=O)N(C)CCC(=O)O)cc1F. The normalized spacial score (nSPS) is 9.86. The lowest BCUT2D eigenvalue weighted by molar-refractivity contribution is -0.137. The molecule has 0 spiro atoms. The molecule has 0 aromatic heterocycles. The van der Waals surface area contributed by atoms with Crippen LogP contribution in [0.5, 0.6) is 0 Å². The molecule has 0 radical (unpaired) electrons. The van der Waals surface area contributed by atoms with Crippen molar-refractivity contribution in [2.75, 3.05) is 26.0 Å². The van der Waals surface area contributed by atoms with Gasteiger partial charge in [0.2, 0.25) is 0 Å². The average molecular weight is 298 g/mol. The van der Waals surface area contributed by atoms with Crippen LogP contribution in [0.2, 0.25) is 0 Å². The number of carbonyl (C=O) groups excluding carboxylic acids is 2. The molecule has 0 fully saturated rings. The predicted octanol–water partition coefficient (Wildman–Crippen LogP) is 1.55. The third-order valence-electron chi connectivity index (χ3n) is 2.63. The van der Waals surface area contributed by atoms with E-state index in [0.29, 0.717) is 0 Å². The van der Waals surface area contributed by atoms with E-state index >= 15 is 0 Å². The highest BCUT2D eigenvalue weighted by atomic mass is 19.1. The van der Waals surface area contributed by atoms with Crippen LogP contribution in [-0.2, 0) is 9.53 Å². The fraction of sp³-hybridized carbons (Fsp3) is 0.308. The Labute approximate surface area is 120 Å². The summed E-state index contributed by atoms with van der Waals surface area (Å²) in [5.41, 5.74) is -0.0953. The molecule has 7 nitrogen and oxygen atoms in total. The molecule has 0 unspecified atom stereocenters. The van der Waals surface area contributed by atoms with Gasteiger partial charge in [0.1, 0.15) is 5.82 Å². The van der Waals surface area contributed by atoms with Crippen LogP contribution in [-0.4, -0.2) is 48.7 Å². The fourth-order valence-electron chi connectivity index (χ4n) is 1.45. The Hall–Kier alpha value is -2.64. The summed E-state index contributed by atoms with van der Waals surface area (Å²) in [5, 5.41) is 10.9. The Morgan fingerprint density at radius 2 is 2.05 bits per heavy atom. The van der Waals surface area contributed by atoms with Crippen molar-refractivity contribution in [3.8, 4) is 0 Å². The summed E-state index contributed by atoms with van der Waals surface area (Å²) in [6, 6.07) is 2.93. The predicted molar refractivity (Wildman–Crippen MR) is 71.6 cm³/mol. The van der Waals surface area contributed by atoms with Crippen molar-refractivity contribution < 1.29 is 28.6 Å². The van der Waals surface area contributed by atoms with Crippen molar-refractivity contribution in [2.45, 2.75) is 6.42 Å². The highest BCUT2D eigenvalue weighted by molar-refractivity contribution is 5.92. The van der Waals surface area contributed by atoms with E-state index in [1.807, 2.05) is 0 Å². The Bertz CT molecular complexity index is 561. The van der Waals surface area contributed by atoms with E-state index in [0.717, 1.165) is 18.1 Å². The highest BCUT2D eigenvalue weighted by Gasteiger charge is 2.14. The van der Waals surface area contributed by atoms with Gasteiger partial charge < -0.3 is 20.1 Å². The van der Waals surface area contributed by atoms with Gasteiger partial charge in [-0.05, 0) is 18.2 Å². The number of aliphatic carboxylic acids is 1. The minimum absolute atomic E-state index is 0.0178. The number of carboxylic acid groups (broad SMARTS) is 1. The number of esters is 1. The molecule has 1 aromatic carbocycles. The molecular formula is C13H15FN2O5. The first-order valence-corrected chi connectivity index (χ1v) is 5.97. The number of benzene rings is 1. The van der Waals surface area contributed by atoms with Gasteiger partial charge >= 0.3 is 18.0 Å². The van der Waals surface area contributed by atoms with Crippen molar-refractivity contribution in [3.63, 3.8) is 0 Å². The summed E-state index contributed by atoms with van der Waals surface area (Å²) in [6.45, 7) is 0.0178. The minimum Gasteiger partial charge on any atom is -0.481 e. The van der Waals surface area contributed by atoms with Crippen LogP contribution < -0.4 is 5.32 Å². The lowest BCUT2D eigenvalue weighted by Crippen LogP contribution is -2.33. The summed E-state index contributed by atoms with van der Waals surface area (Å²) in [6.07, 6.45) is -0.195. The zero-order chi connectivity index (χ0) is 16.0. The smallest absolute Gasteiger partial charge is 0.340 e. The molecule has 1 rings (SSSR count). The number of carboxylic acids is 1. The summed E-state index contributed by atoms with van der Waals surface area (Å²) < 4.78 is 18.1. The first kappa shape index (κ1) is 16.4. The molecule has 2 N–H and O–H groups in total. The molecule has 21 heavy (non-hydrogen) atoms. The van der Waals surface area contributed by atoms with Gasteiger partial charge in [-0.3, -0.25) is 4.79 Å². The molecule has 2 amide bonds. The van der Waals surface area contributed by atoms with Crippen LogP contribution in [0.3, 0.4) is 0 Å². The van der Waals surface area contributed by atoms with Crippen LogP contribution in [0.15, 0.2) is 18.2 Å². The first-order valence-electron chi connectivity index (χ1n) is 5.97. The molecule has 0 aliphatic rings. The van der Waals surface area contributed by atoms with E-state index in [1.54, 1.807) is 0 Å². The number of ether oxygens (including phenoxy) is 1. The summed E-state index contributed by atoms with van der Waals surface area (Å²) in [4.78, 5) is 34.5. The zero-order valence-electron chi connectivity index (χ0n) is 11.6. The molecular weight excluding hydrogens is 283 g/mol. The lowest BCUT2D eigenvalue weighted by Gasteiger charge is -2.17. The van der Waals surface area contributed by atoms with E-state index in [2.05, 4.69) is 10.1 Å². The second-order valence-electron chi connectivity index (χ2n) is 4.18. The van der Waals surface area contributed by atoms with Gasteiger partial charge in [-0.2, -0.15) is 0 Å². The van der Waals surface area contributed by atoms with Gasteiger partial charge in [0.15, 0.2) is 0 Å². The summed E-state index contributed by atoms with van der Waals surface area (Å²) in [7, 11) is 2.55. The number of halogens is 1. The second-order valence-corrected chi connectivity index (χ2v) is 4.18. The van der Waals surface area contributed by atoms with Crippen molar-refractivity contribution in [2.24, 2.45) is 0 Å². The van der Waals surface area contributed by atoms with E-state index in [4.69, 9.17) is 5.11 Å². The third kappa shape index (κ3) is 4.75. The number of urea groups is 1. The van der Waals surface area contributed by atoms with Gasteiger partial charge in [0.05, 0.1) is 19.1 Å². The van der Waals surface area contributed by atoms with Crippen LogP contribution in [0.25, 0.3) is 0 Å². The van der Waals surface area contributed by atoms with E-state index in [-0.39, 0.29) is 24.2 Å². The van der Waals surface area contributed by atoms with Gasteiger partial charge in [-0.25, -0.2) is 14.0 Å². The number of anilines is 1. The maximum atomic E-state index is 13.6. The fourth-order valence-corrected chi connectivity index (χ4v) is 1.45. The van der Waals surface area contributed by atoms with Crippen molar-refractivity contribution in [3.05, 3.63) is 29.6 Å². The Morgan fingerprint density at radius 1 is 1.38 bits per heavy atom. The molecule has 0 saturated heterocycles. The van der Waals surface area contributed by atoms with Crippen molar-refractivity contribution in [1.82, 2.24) is 4.90 Å². The lowest BCUT2D eigenvalue weighted by atomic mass is 10.2.